The number of amides is 1. The SMILES string of the molecule is CC(CO)NCc1ccc2c(c1)NC(=O)CO2. The Morgan fingerprint density at radius 2 is 2.41 bits per heavy atom. The van der Waals surface area contributed by atoms with Crippen molar-refractivity contribution in [2.45, 2.75) is 19.5 Å². The second kappa shape index (κ2) is 5.16. The Kier molecular flexibility index (Phi) is 3.61. The fraction of sp³-hybridized carbons (Fsp3) is 0.417. The zero-order chi connectivity index (χ0) is 12.3. The maximum atomic E-state index is 11.2. The number of nitrogens with one attached hydrogen (secondary N) is 2. The minimum Gasteiger partial charge on any atom is -0.482 e. The van der Waals surface area contributed by atoms with E-state index in [2.05, 4.69) is 10.6 Å². The van der Waals surface area contributed by atoms with E-state index in [-0.39, 0.29) is 25.2 Å². The summed E-state index contributed by atoms with van der Waals surface area (Å²) in [6.07, 6.45) is 0. The largest absolute Gasteiger partial charge is 0.482 e. The van der Waals surface area contributed by atoms with Gasteiger partial charge < -0.3 is 20.5 Å². The normalized spacial score (nSPS) is 15.8. The molecular weight excluding hydrogens is 220 g/mol. The molecule has 0 saturated carbocycles. The molecule has 0 radical (unpaired) electrons. The van der Waals surface area contributed by atoms with Gasteiger partial charge in [-0.25, -0.2) is 0 Å². The Balaban J connectivity index is 2.05. The molecule has 0 saturated heterocycles. The third kappa shape index (κ3) is 2.95. The Hall–Kier alpha value is -1.59. The number of hydrogen-bond donors (Lipinski definition) is 3. The van der Waals surface area contributed by atoms with Crippen LogP contribution in [0.1, 0.15) is 12.5 Å². The van der Waals surface area contributed by atoms with Crippen molar-refractivity contribution in [2.24, 2.45) is 0 Å². The van der Waals surface area contributed by atoms with E-state index in [0.29, 0.717) is 18.0 Å². The van der Waals surface area contributed by atoms with Gasteiger partial charge in [-0.05, 0) is 24.6 Å². The molecule has 1 aliphatic heterocycles. The minimum atomic E-state index is -0.133. The molecule has 1 amide bonds. The molecule has 1 unspecified atom stereocenters. The van der Waals surface area contributed by atoms with Gasteiger partial charge >= 0.3 is 0 Å². The number of aliphatic hydroxyl groups is 1. The molecule has 0 fully saturated rings. The van der Waals surface area contributed by atoms with Crippen molar-refractivity contribution in [3.63, 3.8) is 0 Å². The Morgan fingerprint density at radius 1 is 1.59 bits per heavy atom. The first-order valence-corrected chi connectivity index (χ1v) is 5.59. The van der Waals surface area contributed by atoms with Crippen molar-refractivity contribution in [2.75, 3.05) is 18.5 Å². The smallest absolute Gasteiger partial charge is 0.262 e. The van der Waals surface area contributed by atoms with Gasteiger partial charge in [0.15, 0.2) is 6.61 Å². The van der Waals surface area contributed by atoms with Gasteiger partial charge in [0, 0.05) is 12.6 Å². The van der Waals surface area contributed by atoms with Crippen LogP contribution in [0.25, 0.3) is 0 Å². The molecule has 1 atom stereocenters. The number of carbonyl (C=O) groups is 1. The summed E-state index contributed by atoms with van der Waals surface area (Å²) < 4.78 is 5.27. The zero-order valence-electron chi connectivity index (χ0n) is 9.69. The lowest BCUT2D eigenvalue weighted by Gasteiger charge is -2.19. The van der Waals surface area contributed by atoms with Crippen LogP contribution in [0.5, 0.6) is 5.75 Å². The molecule has 1 aromatic rings. The first kappa shape index (κ1) is 11.9. The number of fused-ring (bicyclic) bond motifs is 1. The van der Waals surface area contributed by atoms with Crippen LogP contribution in [0.15, 0.2) is 18.2 Å². The fourth-order valence-electron chi connectivity index (χ4n) is 1.60. The quantitative estimate of drug-likeness (QED) is 0.711. The van der Waals surface area contributed by atoms with E-state index in [4.69, 9.17) is 9.84 Å². The molecule has 0 bridgehead atoms. The summed E-state index contributed by atoms with van der Waals surface area (Å²) in [6, 6.07) is 5.71. The summed E-state index contributed by atoms with van der Waals surface area (Å²) in [7, 11) is 0. The van der Waals surface area contributed by atoms with Crippen LogP contribution in [-0.4, -0.2) is 30.3 Å². The molecular formula is C12H16N2O3. The van der Waals surface area contributed by atoms with Crippen LogP contribution in [0.2, 0.25) is 0 Å². The van der Waals surface area contributed by atoms with Gasteiger partial charge in [0.05, 0.1) is 12.3 Å². The highest BCUT2D eigenvalue weighted by molar-refractivity contribution is 5.95. The zero-order valence-corrected chi connectivity index (χ0v) is 9.69. The number of anilines is 1. The highest BCUT2D eigenvalue weighted by Crippen LogP contribution is 2.28. The first-order valence-electron chi connectivity index (χ1n) is 5.59. The predicted octanol–water partition coefficient (Wildman–Crippen LogP) is 0.488. The molecule has 1 heterocycles. The van der Waals surface area contributed by atoms with Gasteiger partial charge in [-0.15, -0.1) is 0 Å². The third-order valence-electron chi connectivity index (χ3n) is 2.61. The molecule has 5 heteroatoms. The molecule has 1 aromatic carbocycles. The van der Waals surface area contributed by atoms with Crippen molar-refractivity contribution < 1.29 is 14.6 Å². The number of benzene rings is 1. The predicted molar refractivity (Wildman–Crippen MR) is 64.0 cm³/mol. The number of aliphatic hydroxyl groups excluding tert-OH is 1. The highest BCUT2D eigenvalue weighted by atomic mass is 16.5. The van der Waals surface area contributed by atoms with Crippen LogP contribution >= 0.6 is 0 Å². The Morgan fingerprint density at radius 3 is 3.18 bits per heavy atom. The summed E-state index contributed by atoms with van der Waals surface area (Å²) in [6.45, 7) is 2.73. The van der Waals surface area contributed by atoms with Gasteiger partial charge in [0.2, 0.25) is 0 Å². The van der Waals surface area contributed by atoms with Crippen molar-refractivity contribution in [3.8, 4) is 5.75 Å². The topological polar surface area (TPSA) is 70.6 Å². The number of carbonyl (C=O) groups excluding carboxylic acids is 1. The van der Waals surface area contributed by atoms with E-state index in [1.54, 1.807) is 0 Å². The molecule has 0 spiro atoms. The number of hydrogen-bond acceptors (Lipinski definition) is 4. The van der Waals surface area contributed by atoms with Crippen LogP contribution in [0.3, 0.4) is 0 Å². The molecule has 1 aliphatic rings. The maximum Gasteiger partial charge on any atom is 0.262 e. The Labute approximate surface area is 99.8 Å². The van der Waals surface area contributed by atoms with E-state index >= 15 is 0 Å². The van der Waals surface area contributed by atoms with Gasteiger partial charge in [-0.2, -0.15) is 0 Å². The lowest BCUT2D eigenvalue weighted by atomic mass is 10.1. The standard InChI is InChI=1S/C12H16N2O3/c1-8(6-15)13-5-9-2-3-11-10(4-9)14-12(16)7-17-11/h2-4,8,13,15H,5-7H2,1H3,(H,14,16). The van der Waals surface area contributed by atoms with Crippen LogP contribution in [0.4, 0.5) is 5.69 Å². The average molecular weight is 236 g/mol. The lowest BCUT2D eigenvalue weighted by molar-refractivity contribution is -0.118. The van der Waals surface area contributed by atoms with Crippen molar-refractivity contribution in [3.05, 3.63) is 23.8 Å². The average Bonchev–Trinajstić information content (AvgIpc) is 2.35. The molecule has 2 rings (SSSR count). The van der Waals surface area contributed by atoms with Gasteiger partial charge in [-0.1, -0.05) is 6.07 Å². The minimum absolute atomic E-state index is 0.0527. The van der Waals surface area contributed by atoms with E-state index in [1.165, 1.54) is 0 Å². The molecule has 3 N–H and O–H groups in total. The van der Waals surface area contributed by atoms with E-state index in [0.717, 1.165) is 5.56 Å². The fourth-order valence-corrected chi connectivity index (χ4v) is 1.60. The van der Waals surface area contributed by atoms with E-state index in [9.17, 15) is 4.79 Å². The second-order valence-electron chi connectivity index (χ2n) is 4.13. The van der Waals surface area contributed by atoms with Crippen LogP contribution in [-0.2, 0) is 11.3 Å². The van der Waals surface area contributed by atoms with Crippen LogP contribution < -0.4 is 15.4 Å². The number of ether oxygens (including phenoxy) is 1. The van der Waals surface area contributed by atoms with Gasteiger partial charge in [0.25, 0.3) is 5.91 Å². The summed E-state index contributed by atoms with van der Waals surface area (Å²) in [5, 5.41) is 14.8. The van der Waals surface area contributed by atoms with Gasteiger partial charge in [0.1, 0.15) is 5.75 Å². The summed E-state index contributed by atoms with van der Waals surface area (Å²) in [5.41, 5.74) is 1.74. The first-order chi connectivity index (χ1) is 8.19. The monoisotopic (exact) mass is 236 g/mol. The molecule has 0 aromatic heterocycles. The van der Waals surface area contributed by atoms with Crippen molar-refractivity contribution in [1.29, 1.82) is 0 Å². The lowest BCUT2D eigenvalue weighted by Crippen LogP contribution is -2.29. The third-order valence-corrected chi connectivity index (χ3v) is 2.61. The highest BCUT2D eigenvalue weighted by Gasteiger charge is 2.15. The molecule has 5 nitrogen and oxygen atoms in total. The van der Waals surface area contributed by atoms with Gasteiger partial charge in [-0.3, -0.25) is 4.79 Å². The molecule has 17 heavy (non-hydrogen) atoms. The van der Waals surface area contributed by atoms with Crippen molar-refractivity contribution in [1.82, 2.24) is 5.32 Å². The van der Waals surface area contributed by atoms with E-state index < -0.39 is 0 Å². The Bertz CT molecular complexity index is 420. The maximum absolute atomic E-state index is 11.2. The summed E-state index contributed by atoms with van der Waals surface area (Å²) in [4.78, 5) is 11.2. The number of rotatable bonds is 4. The van der Waals surface area contributed by atoms with Crippen molar-refractivity contribution >= 4 is 11.6 Å². The van der Waals surface area contributed by atoms with Crippen LogP contribution in [0, 0.1) is 0 Å². The van der Waals surface area contributed by atoms with E-state index in [1.807, 2.05) is 25.1 Å². The molecule has 0 aliphatic carbocycles. The molecule has 92 valence electrons. The summed E-state index contributed by atoms with van der Waals surface area (Å²) >= 11 is 0. The second-order valence-corrected chi connectivity index (χ2v) is 4.13. The summed E-state index contributed by atoms with van der Waals surface area (Å²) in [5.74, 6) is 0.565.